The van der Waals surface area contributed by atoms with Crippen molar-refractivity contribution in [3.63, 3.8) is 0 Å². The maximum atomic E-state index is 9.28. The average Bonchev–Trinajstić information content (AvgIpc) is 2.70. The van der Waals surface area contributed by atoms with Gasteiger partial charge >= 0.3 is 0 Å². The number of nitrogens with zero attached hydrogens (tertiary/aromatic N) is 3. The summed E-state index contributed by atoms with van der Waals surface area (Å²) in [5.41, 5.74) is 4.89. The molecule has 0 aliphatic heterocycles. The number of aliphatic imine (C=N–C) groups is 1. The van der Waals surface area contributed by atoms with E-state index in [4.69, 9.17) is 0 Å². The van der Waals surface area contributed by atoms with Crippen LogP contribution in [-0.4, -0.2) is 17.2 Å². The first-order valence-corrected chi connectivity index (χ1v) is 9.78. The predicted octanol–water partition coefficient (Wildman–Crippen LogP) is 5.78. The summed E-state index contributed by atoms with van der Waals surface area (Å²) in [5.74, 6) is 1.83. The van der Waals surface area contributed by atoms with Gasteiger partial charge in [-0.3, -0.25) is 9.98 Å². The highest BCUT2D eigenvalue weighted by Crippen LogP contribution is 2.34. The molecule has 3 heteroatoms. The van der Waals surface area contributed by atoms with E-state index >= 15 is 0 Å². The van der Waals surface area contributed by atoms with Crippen LogP contribution in [-0.2, 0) is 0 Å². The van der Waals surface area contributed by atoms with E-state index in [-0.39, 0.29) is 0 Å². The van der Waals surface area contributed by atoms with Gasteiger partial charge in [0.25, 0.3) is 0 Å². The molecule has 1 heterocycles. The molecular formula is C24H27N3. The third-order valence-corrected chi connectivity index (χ3v) is 5.64. The van der Waals surface area contributed by atoms with Crippen molar-refractivity contribution in [3.8, 4) is 17.2 Å². The normalized spacial score (nSPS) is 24.2. The molecule has 0 spiro atoms. The minimum absolute atomic E-state index is 0.514. The summed E-state index contributed by atoms with van der Waals surface area (Å²) in [6, 6.07) is 13.9. The van der Waals surface area contributed by atoms with Crippen LogP contribution in [0, 0.1) is 29.1 Å². The Labute approximate surface area is 162 Å². The fourth-order valence-electron chi connectivity index (χ4n) is 3.83. The van der Waals surface area contributed by atoms with Crippen LogP contribution in [0.5, 0.6) is 0 Å². The number of benzene rings is 1. The molecule has 1 saturated carbocycles. The highest BCUT2D eigenvalue weighted by atomic mass is 14.7. The van der Waals surface area contributed by atoms with Gasteiger partial charge in [-0.1, -0.05) is 44.2 Å². The molecule has 138 valence electrons. The Balaban J connectivity index is 1.76. The largest absolute Gasteiger partial charge is 0.294 e. The van der Waals surface area contributed by atoms with E-state index in [0.29, 0.717) is 23.3 Å². The second-order valence-electron chi connectivity index (χ2n) is 7.44. The highest BCUT2D eigenvalue weighted by molar-refractivity contribution is 5.86. The molecule has 1 aliphatic rings. The molecule has 1 aromatic carbocycles. The number of hydrogen-bond donors (Lipinski definition) is 0. The van der Waals surface area contributed by atoms with E-state index in [1.807, 2.05) is 42.6 Å². The monoisotopic (exact) mass is 357 g/mol. The maximum Gasteiger partial charge on any atom is 0.0998 e. The summed E-state index contributed by atoms with van der Waals surface area (Å²) >= 11 is 0. The molecule has 0 unspecified atom stereocenters. The number of aromatic nitrogens is 1. The van der Waals surface area contributed by atoms with Crippen LogP contribution in [0.25, 0.3) is 17.2 Å². The van der Waals surface area contributed by atoms with E-state index in [1.165, 1.54) is 5.71 Å². The van der Waals surface area contributed by atoms with Crippen LogP contribution in [0.15, 0.2) is 53.7 Å². The predicted molar refractivity (Wildman–Crippen MR) is 112 cm³/mol. The quantitative estimate of drug-likeness (QED) is 0.696. The molecule has 0 amide bonds. The fourth-order valence-corrected chi connectivity index (χ4v) is 3.83. The van der Waals surface area contributed by atoms with Gasteiger partial charge in [-0.2, -0.15) is 5.26 Å². The lowest BCUT2D eigenvalue weighted by Crippen LogP contribution is -2.28. The van der Waals surface area contributed by atoms with Gasteiger partial charge in [-0.25, -0.2) is 0 Å². The zero-order valence-electron chi connectivity index (χ0n) is 16.4. The molecule has 3 nitrogen and oxygen atoms in total. The first kappa shape index (κ1) is 19.0. The molecule has 1 fully saturated rings. The third kappa shape index (κ3) is 4.52. The van der Waals surface area contributed by atoms with E-state index in [0.717, 1.165) is 36.2 Å². The van der Waals surface area contributed by atoms with Crippen LogP contribution in [0.1, 0.15) is 44.9 Å². The van der Waals surface area contributed by atoms with Crippen molar-refractivity contribution >= 4 is 11.8 Å². The van der Waals surface area contributed by atoms with E-state index in [2.05, 4.69) is 49.0 Å². The summed E-state index contributed by atoms with van der Waals surface area (Å²) < 4.78 is 0. The second-order valence-corrected chi connectivity index (χ2v) is 7.44. The van der Waals surface area contributed by atoms with Crippen LogP contribution >= 0.6 is 0 Å². The molecule has 2 aromatic rings. The Morgan fingerprint density at radius 2 is 2.00 bits per heavy atom. The van der Waals surface area contributed by atoms with Crippen molar-refractivity contribution in [1.29, 1.82) is 5.26 Å². The smallest absolute Gasteiger partial charge is 0.0998 e. The SMILES string of the molecule is CC/N=C1/C[C@@H](/C=C/c2ccc(-c3ccccc3C#N)cn2)[C@H](C)[C@@H](C)C1. The van der Waals surface area contributed by atoms with Gasteiger partial charge in [0.2, 0.25) is 0 Å². The standard InChI is InChI=1S/C24H27N3/c1-4-26-23-13-17(2)18(3)19(14-23)9-11-22-12-10-21(16-27-22)24-8-6-5-7-20(24)15-25/h5-12,16-19H,4,13-14H2,1-3H3/b11-9+,26-23+/t17-,18+,19+/m0/s1. The zero-order chi connectivity index (χ0) is 19.2. The van der Waals surface area contributed by atoms with Gasteiger partial charge in [0.05, 0.1) is 17.3 Å². The molecule has 1 aliphatic carbocycles. The summed E-state index contributed by atoms with van der Waals surface area (Å²) in [4.78, 5) is 9.26. The summed E-state index contributed by atoms with van der Waals surface area (Å²) in [7, 11) is 0. The topological polar surface area (TPSA) is 49.0 Å². The van der Waals surface area contributed by atoms with Gasteiger partial charge in [0, 0.05) is 29.6 Å². The number of hydrogen-bond acceptors (Lipinski definition) is 3. The van der Waals surface area contributed by atoms with Crippen molar-refractivity contribution in [2.45, 2.75) is 33.6 Å². The van der Waals surface area contributed by atoms with Crippen molar-refractivity contribution in [2.24, 2.45) is 22.7 Å². The summed E-state index contributed by atoms with van der Waals surface area (Å²) in [6.07, 6.45) is 8.47. The van der Waals surface area contributed by atoms with E-state index < -0.39 is 0 Å². The highest BCUT2D eigenvalue weighted by Gasteiger charge is 2.28. The summed E-state index contributed by atoms with van der Waals surface area (Å²) in [5, 5.41) is 9.28. The molecular weight excluding hydrogens is 330 g/mol. The van der Waals surface area contributed by atoms with Crippen LogP contribution in [0.4, 0.5) is 0 Å². The lowest BCUT2D eigenvalue weighted by atomic mass is 9.73. The Morgan fingerprint density at radius 3 is 2.70 bits per heavy atom. The molecule has 0 saturated heterocycles. The number of pyridine rings is 1. The Morgan fingerprint density at radius 1 is 1.19 bits per heavy atom. The zero-order valence-corrected chi connectivity index (χ0v) is 16.4. The van der Waals surface area contributed by atoms with Gasteiger partial charge in [0.15, 0.2) is 0 Å². The van der Waals surface area contributed by atoms with Gasteiger partial charge in [-0.15, -0.1) is 0 Å². The molecule has 3 atom stereocenters. The average molecular weight is 358 g/mol. The lowest BCUT2D eigenvalue weighted by Gasteiger charge is -2.33. The number of nitriles is 1. The van der Waals surface area contributed by atoms with Crippen LogP contribution < -0.4 is 0 Å². The van der Waals surface area contributed by atoms with Crippen LogP contribution in [0.3, 0.4) is 0 Å². The van der Waals surface area contributed by atoms with Gasteiger partial charge in [-0.05, 0) is 55.7 Å². The molecule has 0 N–H and O–H groups in total. The molecule has 0 bridgehead atoms. The van der Waals surface area contributed by atoms with Crippen molar-refractivity contribution < 1.29 is 0 Å². The fraction of sp³-hybridized carbons (Fsp3) is 0.375. The molecule has 0 radical (unpaired) electrons. The Hall–Kier alpha value is -2.73. The van der Waals surface area contributed by atoms with Crippen molar-refractivity contribution in [2.75, 3.05) is 6.54 Å². The first-order valence-electron chi connectivity index (χ1n) is 9.78. The number of allylic oxidation sites excluding steroid dienone is 1. The summed E-state index contributed by atoms with van der Waals surface area (Å²) in [6.45, 7) is 7.66. The van der Waals surface area contributed by atoms with Gasteiger partial charge < -0.3 is 0 Å². The molecule has 3 rings (SSSR count). The third-order valence-electron chi connectivity index (χ3n) is 5.64. The number of rotatable bonds is 4. The lowest BCUT2D eigenvalue weighted by molar-refractivity contribution is 0.292. The Kier molecular flexibility index (Phi) is 6.19. The van der Waals surface area contributed by atoms with Crippen molar-refractivity contribution in [1.82, 2.24) is 4.98 Å². The Bertz CT molecular complexity index is 871. The maximum absolute atomic E-state index is 9.28. The van der Waals surface area contributed by atoms with E-state index in [1.54, 1.807) is 0 Å². The first-order chi connectivity index (χ1) is 13.1. The second kappa shape index (κ2) is 8.77. The van der Waals surface area contributed by atoms with Gasteiger partial charge in [0.1, 0.15) is 0 Å². The molecule has 1 aromatic heterocycles. The van der Waals surface area contributed by atoms with Crippen LogP contribution in [0.2, 0.25) is 0 Å². The minimum atomic E-state index is 0.514. The minimum Gasteiger partial charge on any atom is -0.294 e. The van der Waals surface area contributed by atoms with E-state index in [9.17, 15) is 5.26 Å². The van der Waals surface area contributed by atoms with Crippen molar-refractivity contribution in [3.05, 3.63) is 59.9 Å². The molecule has 27 heavy (non-hydrogen) atoms.